The summed E-state index contributed by atoms with van der Waals surface area (Å²) in [5.41, 5.74) is 0. The van der Waals surface area contributed by atoms with Gasteiger partial charge in [0.05, 0.1) is 25.8 Å². The van der Waals surface area contributed by atoms with Crippen LogP contribution in [-0.2, 0) is 0 Å². The van der Waals surface area contributed by atoms with Gasteiger partial charge in [0.2, 0.25) is 0 Å². The van der Waals surface area contributed by atoms with Gasteiger partial charge in [-0.3, -0.25) is 0 Å². The summed E-state index contributed by atoms with van der Waals surface area (Å²) < 4.78 is 0. The van der Waals surface area contributed by atoms with Crippen LogP contribution in [0, 0.1) is 11.5 Å². The summed E-state index contributed by atoms with van der Waals surface area (Å²) in [4.78, 5) is 4.26. The molecule has 0 aliphatic carbocycles. The molecule has 1 N–H and O–H groups in total. The maximum absolute atomic E-state index is 7.43. The standard InChI is InChI=1S/C6H15N.C2N3/c1-4-7(5-2)6-3;3-1-5-2-4/h4-6H2,1-3H3;/q;-1/p+1. The van der Waals surface area contributed by atoms with Crippen LogP contribution in [0.4, 0.5) is 0 Å². The fourth-order valence-electron chi connectivity index (χ4n) is 0.772. The average molecular weight is 168 g/mol. The first-order valence-corrected chi connectivity index (χ1v) is 4.08. The van der Waals surface area contributed by atoms with Crippen LogP contribution in [0.3, 0.4) is 0 Å². The van der Waals surface area contributed by atoms with Gasteiger partial charge < -0.3 is 15.3 Å². The third kappa shape index (κ3) is 11.6. The van der Waals surface area contributed by atoms with Gasteiger partial charge in [-0.1, -0.05) is 0 Å². The zero-order valence-corrected chi connectivity index (χ0v) is 7.96. The van der Waals surface area contributed by atoms with Gasteiger partial charge in [-0.25, -0.2) is 0 Å². The highest BCUT2D eigenvalue weighted by atomic mass is 15.1. The van der Waals surface area contributed by atoms with Gasteiger partial charge in [0.25, 0.3) is 0 Å². The van der Waals surface area contributed by atoms with E-state index in [1.165, 1.54) is 31.8 Å². The van der Waals surface area contributed by atoms with E-state index in [0.717, 1.165) is 0 Å². The molecule has 0 amide bonds. The average Bonchev–Trinajstić information content (AvgIpc) is 2.10. The molecule has 0 unspecified atom stereocenters. The van der Waals surface area contributed by atoms with E-state index in [4.69, 9.17) is 10.7 Å². The number of aliphatic imine (C=N–C) groups is 1. The summed E-state index contributed by atoms with van der Waals surface area (Å²) >= 11 is 0. The van der Waals surface area contributed by atoms with E-state index >= 15 is 0 Å². The lowest BCUT2D eigenvalue weighted by Gasteiger charge is -2.10. The van der Waals surface area contributed by atoms with Crippen LogP contribution in [0.25, 0.3) is 5.41 Å². The van der Waals surface area contributed by atoms with Crippen LogP contribution in [0.15, 0.2) is 4.99 Å². The van der Waals surface area contributed by atoms with Gasteiger partial charge in [0.1, 0.15) is 0 Å². The first-order chi connectivity index (χ1) is 5.76. The van der Waals surface area contributed by atoms with Crippen molar-refractivity contribution in [3.8, 4) is 6.19 Å². The highest BCUT2D eigenvalue weighted by Crippen LogP contribution is 1.45. The lowest BCUT2D eigenvalue weighted by Crippen LogP contribution is -3.11. The van der Waals surface area contributed by atoms with Crippen LogP contribution in [-0.4, -0.2) is 25.6 Å². The Morgan fingerprint density at radius 2 is 1.67 bits per heavy atom. The lowest BCUT2D eigenvalue weighted by atomic mass is 10.5. The molecule has 0 radical (unpaired) electrons. The Hall–Kier alpha value is -1.17. The topological polar surface area (TPSA) is 62.9 Å². The van der Waals surface area contributed by atoms with Gasteiger partial charge in [-0.05, 0) is 20.8 Å². The molecule has 68 valence electrons. The first-order valence-electron chi connectivity index (χ1n) is 4.08. The van der Waals surface area contributed by atoms with Crippen molar-refractivity contribution < 1.29 is 4.90 Å². The molecule has 0 bridgehead atoms. The molecule has 0 saturated carbocycles. The summed E-state index contributed by atoms with van der Waals surface area (Å²) in [5.74, 6) is 0. The molecule has 0 spiro atoms. The fourth-order valence-corrected chi connectivity index (χ4v) is 0.772. The molecule has 0 heterocycles. The van der Waals surface area contributed by atoms with Gasteiger partial charge in [-0.2, -0.15) is 5.26 Å². The third-order valence-corrected chi connectivity index (χ3v) is 1.60. The summed E-state index contributed by atoms with van der Waals surface area (Å²) in [5, 5.41) is 14.9. The Balaban J connectivity index is 0. The molecular formula is C8H16N4. The summed E-state index contributed by atoms with van der Waals surface area (Å²) in [6, 6.07) is 1.28. The number of nitrogens with zero attached hydrogens (tertiary/aromatic N) is 3. The van der Waals surface area contributed by atoms with E-state index < -0.39 is 0 Å². The normalized spacial score (nSPS) is 7.58. The van der Waals surface area contributed by atoms with E-state index in [-0.39, 0.29) is 0 Å². The first kappa shape index (κ1) is 13.4. The molecule has 12 heavy (non-hydrogen) atoms. The molecule has 0 saturated heterocycles. The second-order valence-electron chi connectivity index (χ2n) is 2.12. The second-order valence-corrected chi connectivity index (χ2v) is 2.12. The predicted octanol–water partition coefficient (Wildman–Crippen LogP) is 0.142. The molecule has 4 heteroatoms. The van der Waals surface area contributed by atoms with Gasteiger partial charge >= 0.3 is 0 Å². The third-order valence-electron chi connectivity index (χ3n) is 1.60. The lowest BCUT2D eigenvalue weighted by molar-refractivity contribution is -0.894. The number of quaternary nitrogens is 1. The number of hydrogen-bond acceptors (Lipinski definition) is 2. The summed E-state index contributed by atoms with van der Waals surface area (Å²) in [7, 11) is 0. The van der Waals surface area contributed by atoms with E-state index in [1.807, 2.05) is 0 Å². The van der Waals surface area contributed by atoms with Crippen molar-refractivity contribution in [2.75, 3.05) is 19.6 Å². The van der Waals surface area contributed by atoms with E-state index in [1.54, 1.807) is 4.90 Å². The van der Waals surface area contributed by atoms with E-state index in [0.29, 0.717) is 0 Å². The predicted molar refractivity (Wildman–Crippen MR) is 49.0 cm³/mol. The molecule has 0 aromatic heterocycles. The molecule has 0 fully saturated rings. The molecule has 4 nitrogen and oxygen atoms in total. The molecule has 0 aromatic rings. The highest BCUT2D eigenvalue weighted by molar-refractivity contribution is 5.46. The molecule has 0 rings (SSSR count). The molecule has 0 aliphatic heterocycles. The van der Waals surface area contributed by atoms with Crippen molar-refractivity contribution >= 4 is 6.01 Å². The number of hydrogen-bond donors (Lipinski definition) is 1. The Labute approximate surface area is 74.0 Å². The number of rotatable bonds is 3. The monoisotopic (exact) mass is 168 g/mol. The highest BCUT2D eigenvalue weighted by Gasteiger charge is 1.92. The minimum absolute atomic E-state index is 1.27. The van der Waals surface area contributed by atoms with Crippen molar-refractivity contribution in [3.05, 3.63) is 5.41 Å². The minimum Gasteiger partial charge on any atom is -0.422 e. The van der Waals surface area contributed by atoms with Crippen molar-refractivity contribution in [2.24, 2.45) is 4.99 Å². The Morgan fingerprint density at radius 3 is 1.67 bits per heavy atom. The van der Waals surface area contributed by atoms with Crippen LogP contribution in [0.1, 0.15) is 20.8 Å². The Bertz CT molecular complexity index is 155. The van der Waals surface area contributed by atoms with E-state index in [9.17, 15) is 0 Å². The summed E-state index contributed by atoms with van der Waals surface area (Å²) in [6.07, 6.45) is 1.28. The Kier molecular flexibility index (Phi) is 14.0. The summed E-state index contributed by atoms with van der Waals surface area (Å²) in [6.45, 7) is 10.5. The smallest absolute Gasteiger partial charge is 0.0925 e. The van der Waals surface area contributed by atoms with Crippen LogP contribution in [0.5, 0.6) is 0 Å². The molecule has 0 atom stereocenters. The van der Waals surface area contributed by atoms with Gasteiger partial charge in [-0.15, -0.1) is 6.01 Å². The number of nitriles is 1. The SMILES string of the molecule is CC[NH+](CC)CC.N#CN=C=[N-]. The van der Waals surface area contributed by atoms with Crippen molar-refractivity contribution in [2.45, 2.75) is 20.8 Å². The van der Waals surface area contributed by atoms with Gasteiger partial charge in [0.15, 0.2) is 0 Å². The van der Waals surface area contributed by atoms with E-state index in [2.05, 4.69) is 25.8 Å². The maximum Gasteiger partial charge on any atom is 0.0925 e. The second kappa shape index (κ2) is 12.5. The maximum atomic E-state index is 7.43. The molecule has 0 aliphatic rings. The van der Waals surface area contributed by atoms with Crippen LogP contribution >= 0.6 is 0 Å². The van der Waals surface area contributed by atoms with Crippen molar-refractivity contribution in [3.63, 3.8) is 0 Å². The largest absolute Gasteiger partial charge is 0.422 e. The minimum atomic E-state index is 1.27. The fraction of sp³-hybridized carbons (Fsp3) is 0.750. The molecule has 0 aromatic carbocycles. The Morgan fingerprint density at radius 1 is 1.25 bits per heavy atom. The van der Waals surface area contributed by atoms with Crippen molar-refractivity contribution in [1.82, 2.24) is 0 Å². The van der Waals surface area contributed by atoms with Gasteiger partial charge in [0, 0.05) is 0 Å². The number of nitrogens with one attached hydrogen (secondary N) is 1. The van der Waals surface area contributed by atoms with Crippen molar-refractivity contribution in [1.29, 1.82) is 5.26 Å². The zero-order chi connectivity index (χ0) is 9.82. The van der Waals surface area contributed by atoms with Crippen LogP contribution < -0.4 is 4.90 Å². The molecular weight excluding hydrogens is 152 g/mol. The zero-order valence-electron chi connectivity index (χ0n) is 7.96. The van der Waals surface area contributed by atoms with Crippen LogP contribution in [0.2, 0.25) is 0 Å². The quantitative estimate of drug-likeness (QED) is 0.473.